The lowest BCUT2D eigenvalue weighted by molar-refractivity contribution is -0.127. The predicted octanol–water partition coefficient (Wildman–Crippen LogP) is 2.61. The highest BCUT2D eigenvalue weighted by atomic mass is 16.2. The Hall–Kier alpha value is -2.88. The van der Waals surface area contributed by atoms with Crippen LogP contribution in [0.1, 0.15) is 29.0 Å². The Morgan fingerprint density at radius 2 is 1.84 bits per heavy atom. The molecule has 2 aliphatic heterocycles. The van der Waals surface area contributed by atoms with Gasteiger partial charge in [-0.3, -0.25) is 9.59 Å². The van der Waals surface area contributed by atoms with Crippen LogP contribution in [0.15, 0.2) is 66.2 Å². The van der Waals surface area contributed by atoms with Crippen LogP contribution < -0.4 is 5.32 Å². The van der Waals surface area contributed by atoms with Crippen LogP contribution in [0.5, 0.6) is 0 Å². The Bertz CT molecular complexity index is 842. The van der Waals surface area contributed by atoms with Crippen LogP contribution in [0, 0.1) is 0 Å². The first-order valence-corrected chi connectivity index (χ1v) is 8.63. The van der Waals surface area contributed by atoms with Crippen LogP contribution in [0.2, 0.25) is 0 Å². The molecule has 2 aromatic carbocycles. The zero-order chi connectivity index (χ0) is 17.2. The highest BCUT2D eigenvalue weighted by Crippen LogP contribution is 2.33. The molecule has 0 unspecified atom stereocenters. The molecule has 1 N–H and O–H groups in total. The molecule has 2 heterocycles. The first-order chi connectivity index (χ1) is 12.2. The van der Waals surface area contributed by atoms with Gasteiger partial charge in [-0.05, 0) is 23.1 Å². The van der Waals surface area contributed by atoms with Gasteiger partial charge in [0.2, 0.25) is 11.8 Å². The van der Waals surface area contributed by atoms with Gasteiger partial charge in [0.05, 0.1) is 0 Å². The highest BCUT2D eigenvalue weighted by Gasteiger charge is 2.29. The van der Waals surface area contributed by atoms with Crippen molar-refractivity contribution in [1.82, 2.24) is 10.2 Å². The summed E-state index contributed by atoms with van der Waals surface area (Å²) in [5.41, 5.74) is 4.24. The molecule has 0 spiro atoms. The lowest BCUT2D eigenvalue weighted by atomic mass is 9.84. The van der Waals surface area contributed by atoms with Crippen LogP contribution in [-0.4, -0.2) is 29.8 Å². The largest absolute Gasteiger partial charge is 0.352 e. The van der Waals surface area contributed by atoms with E-state index in [9.17, 15) is 9.59 Å². The summed E-state index contributed by atoms with van der Waals surface area (Å²) < 4.78 is 0. The second-order valence-corrected chi connectivity index (χ2v) is 6.56. The first-order valence-electron chi connectivity index (χ1n) is 8.63. The van der Waals surface area contributed by atoms with Gasteiger partial charge < -0.3 is 10.2 Å². The van der Waals surface area contributed by atoms with Gasteiger partial charge in [0.1, 0.15) is 0 Å². The fourth-order valence-electron chi connectivity index (χ4n) is 3.66. The molecule has 25 heavy (non-hydrogen) atoms. The minimum absolute atomic E-state index is 0.0810. The summed E-state index contributed by atoms with van der Waals surface area (Å²) in [6, 6.07) is 18.6. The molecule has 4 rings (SSSR count). The van der Waals surface area contributed by atoms with Gasteiger partial charge in [-0.25, -0.2) is 0 Å². The Labute approximate surface area is 147 Å². The fraction of sp³-hybridized carbons (Fsp3) is 0.238. The van der Waals surface area contributed by atoms with Crippen molar-refractivity contribution in [1.29, 1.82) is 0 Å². The molecule has 0 radical (unpaired) electrons. The number of carbonyl (C=O) groups excluding carboxylic acids is 2. The standard InChI is InChI=1S/C21H20N2O2/c24-20(12-16-10-11-22-21(16)25)23-13-17-8-4-5-9-18(17)19(14-23)15-6-2-1-3-7-15/h1-9,12,19H,10-11,13-14H2,(H,22,25)/b16-12-/t19-/m0/s1. The number of carbonyl (C=O) groups is 2. The molecule has 2 amide bonds. The molecule has 0 bridgehead atoms. The van der Waals surface area contributed by atoms with Crippen molar-refractivity contribution in [3.05, 3.63) is 82.9 Å². The Balaban J connectivity index is 1.66. The third-order valence-electron chi connectivity index (χ3n) is 4.98. The minimum Gasteiger partial charge on any atom is -0.352 e. The normalized spacial score (nSPS) is 21.1. The van der Waals surface area contributed by atoms with E-state index in [1.807, 2.05) is 29.2 Å². The average molecular weight is 332 g/mol. The van der Waals surface area contributed by atoms with Crippen molar-refractivity contribution >= 4 is 11.8 Å². The molecule has 0 aliphatic carbocycles. The molecule has 1 fully saturated rings. The molecule has 126 valence electrons. The van der Waals surface area contributed by atoms with E-state index < -0.39 is 0 Å². The van der Waals surface area contributed by atoms with Crippen LogP contribution >= 0.6 is 0 Å². The predicted molar refractivity (Wildman–Crippen MR) is 95.9 cm³/mol. The number of benzene rings is 2. The maximum absolute atomic E-state index is 12.8. The smallest absolute Gasteiger partial charge is 0.247 e. The molecular weight excluding hydrogens is 312 g/mol. The number of amides is 2. The maximum Gasteiger partial charge on any atom is 0.247 e. The van der Waals surface area contributed by atoms with Crippen LogP contribution in [0.25, 0.3) is 0 Å². The van der Waals surface area contributed by atoms with Gasteiger partial charge in [0, 0.05) is 37.2 Å². The number of hydrogen-bond acceptors (Lipinski definition) is 2. The summed E-state index contributed by atoms with van der Waals surface area (Å²) in [6.45, 7) is 1.84. The molecule has 0 saturated carbocycles. The number of hydrogen-bond donors (Lipinski definition) is 1. The minimum atomic E-state index is -0.120. The number of nitrogens with zero attached hydrogens (tertiary/aromatic N) is 1. The Morgan fingerprint density at radius 1 is 1.08 bits per heavy atom. The van der Waals surface area contributed by atoms with Crippen LogP contribution in [0.3, 0.4) is 0 Å². The molecular formula is C21H20N2O2. The summed E-state index contributed by atoms with van der Waals surface area (Å²) in [4.78, 5) is 26.3. The van der Waals surface area contributed by atoms with Crippen LogP contribution in [-0.2, 0) is 16.1 Å². The second-order valence-electron chi connectivity index (χ2n) is 6.56. The summed E-state index contributed by atoms with van der Waals surface area (Å²) >= 11 is 0. The van der Waals surface area contributed by atoms with Gasteiger partial charge >= 0.3 is 0 Å². The van der Waals surface area contributed by atoms with Gasteiger partial charge in [-0.15, -0.1) is 0 Å². The summed E-state index contributed by atoms with van der Waals surface area (Å²) in [7, 11) is 0. The van der Waals surface area contributed by atoms with Gasteiger partial charge in [0.15, 0.2) is 0 Å². The van der Waals surface area contributed by atoms with E-state index in [2.05, 4.69) is 35.6 Å². The van der Waals surface area contributed by atoms with E-state index in [-0.39, 0.29) is 17.7 Å². The zero-order valence-electron chi connectivity index (χ0n) is 13.9. The number of fused-ring (bicyclic) bond motifs is 1. The monoisotopic (exact) mass is 332 g/mol. The van der Waals surface area contributed by atoms with E-state index in [0.29, 0.717) is 31.6 Å². The van der Waals surface area contributed by atoms with Crippen molar-refractivity contribution < 1.29 is 9.59 Å². The summed E-state index contributed by atoms with van der Waals surface area (Å²) in [5, 5.41) is 2.75. The summed E-state index contributed by atoms with van der Waals surface area (Å²) in [6.07, 6.45) is 2.13. The quantitative estimate of drug-likeness (QED) is 0.860. The van der Waals surface area contributed by atoms with Crippen molar-refractivity contribution in [2.45, 2.75) is 18.9 Å². The third-order valence-corrected chi connectivity index (χ3v) is 4.98. The van der Waals surface area contributed by atoms with E-state index in [4.69, 9.17) is 0 Å². The molecule has 2 aromatic rings. The molecule has 1 atom stereocenters. The van der Waals surface area contributed by atoms with E-state index in [1.165, 1.54) is 22.8 Å². The molecule has 1 saturated heterocycles. The average Bonchev–Trinajstić information content (AvgIpc) is 3.06. The maximum atomic E-state index is 12.8. The lowest BCUT2D eigenvalue weighted by Gasteiger charge is -2.34. The Kier molecular flexibility index (Phi) is 4.10. The topological polar surface area (TPSA) is 49.4 Å². The third kappa shape index (κ3) is 3.07. The summed E-state index contributed by atoms with van der Waals surface area (Å²) in [5.74, 6) is -0.0428. The molecule has 4 nitrogen and oxygen atoms in total. The molecule has 0 aromatic heterocycles. The zero-order valence-corrected chi connectivity index (χ0v) is 13.9. The SMILES string of the molecule is O=C1NCC/C1=C/C(=O)N1Cc2ccccc2[C@H](c2ccccc2)C1. The van der Waals surface area contributed by atoms with E-state index in [1.54, 1.807) is 0 Å². The second kappa shape index (κ2) is 6.55. The number of nitrogens with one attached hydrogen (secondary N) is 1. The fourth-order valence-corrected chi connectivity index (χ4v) is 3.66. The van der Waals surface area contributed by atoms with E-state index >= 15 is 0 Å². The van der Waals surface area contributed by atoms with Gasteiger partial charge in [-0.2, -0.15) is 0 Å². The molecule has 2 aliphatic rings. The van der Waals surface area contributed by atoms with Crippen LogP contribution in [0.4, 0.5) is 0 Å². The first kappa shape index (κ1) is 15.6. The van der Waals surface area contributed by atoms with E-state index in [0.717, 1.165) is 0 Å². The number of rotatable bonds is 2. The van der Waals surface area contributed by atoms with Gasteiger partial charge in [0.25, 0.3) is 0 Å². The van der Waals surface area contributed by atoms with Crippen molar-refractivity contribution in [2.24, 2.45) is 0 Å². The van der Waals surface area contributed by atoms with Crippen molar-refractivity contribution in [2.75, 3.05) is 13.1 Å². The van der Waals surface area contributed by atoms with Gasteiger partial charge in [-0.1, -0.05) is 54.6 Å². The lowest BCUT2D eigenvalue weighted by Crippen LogP contribution is -2.38. The highest BCUT2D eigenvalue weighted by molar-refractivity contribution is 6.02. The van der Waals surface area contributed by atoms with Crippen molar-refractivity contribution in [3.63, 3.8) is 0 Å². The Morgan fingerprint density at radius 3 is 2.60 bits per heavy atom. The molecule has 4 heteroatoms. The van der Waals surface area contributed by atoms with Crippen molar-refractivity contribution in [3.8, 4) is 0 Å².